The van der Waals surface area contributed by atoms with Gasteiger partial charge in [-0.05, 0) is 37.3 Å². The highest BCUT2D eigenvalue weighted by Gasteiger charge is 2.30. The molecule has 2 rings (SSSR count). The van der Waals surface area contributed by atoms with Gasteiger partial charge in [0.25, 0.3) is 5.91 Å². The van der Waals surface area contributed by atoms with E-state index in [4.69, 9.17) is 5.11 Å². The first-order valence-electron chi connectivity index (χ1n) is 6.99. The Hall–Kier alpha value is -1.91. The number of amides is 1. The number of carboxylic acid groups (broad SMARTS) is 1. The Bertz CT molecular complexity index is 514. The zero-order valence-electron chi connectivity index (χ0n) is 11.9. The molecule has 0 saturated carbocycles. The van der Waals surface area contributed by atoms with Crippen molar-refractivity contribution < 1.29 is 14.7 Å². The summed E-state index contributed by atoms with van der Waals surface area (Å²) in [5.41, 5.74) is 0.323. The average molecular weight is 276 g/mol. The SMILES string of the molecule is CC(C)CC1CCCN1C(=O)c1ccnc(C(=O)O)c1. The van der Waals surface area contributed by atoms with Crippen LogP contribution in [0.25, 0.3) is 0 Å². The second-order valence-electron chi connectivity index (χ2n) is 5.66. The number of nitrogens with zero attached hydrogens (tertiary/aromatic N) is 2. The summed E-state index contributed by atoms with van der Waals surface area (Å²) in [6.07, 6.45) is 4.41. The van der Waals surface area contributed by atoms with Crippen LogP contribution in [0.15, 0.2) is 18.3 Å². The fraction of sp³-hybridized carbons (Fsp3) is 0.533. The molecule has 108 valence electrons. The number of aromatic nitrogens is 1. The molecule has 1 aliphatic heterocycles. The molecule has 2 heterocycles. The fourth-order valence-electron chi connectivity index (χ4n) is 2.74. The highest BCUT2D eigenvalue weighted by molar-refractivity contribution is 5.96. The number of rotatable bonds is 4. The van der Waals surface area contributed by atoms with E-state index in [1.807, 2.05) is 4.90 Å². The summed E-state index contributed by atoms with van der Waals surface area (Å²) < 4.78 is 0. The number of carboxylic acids is 1. The molecular formula is C15H20N2O3. The van der Waals surface area contributed by atoms with Crippen LogP contribution in [0.4, 0.5) is 0 Å². The van der Waals surface area contributed by atoms with Crippen molar-refractivity contribution in [1.82, 2.24) is 9.88 Å². The van der Waals surface area contributed by atoms with Crippen molar-refractivity contribution in [3.05, 3.63) is 29.6 Å². The maximum absolute atomic E-state index is 12.5. The van der Waals surface area contributed by atoms with Gasteiger partial charge in [-0.15, -0.1) is 0 Å². The summed E-state index contributed by atoms with van der Waals surface area (Å²) in [7, 11) is 0. The summed E-state index contributed by atoms with van der Waals surface area (Å²) in [5.74, 6) is -0.654. The topological polar surface area (TPSA) is 70.5 Å². The van der Waals surface area contributed by atoms with E-state index in [1.165, 1.54) is 12.3 Å². The van der Waals surface area contributed by atoms with E-state index in [9.17, 15) is 9.59 Å². The van der Waals surface area contributed by atoms with Gasteiger partial charge in [-0.3, -0.25) is 4.79 Å². The van der Waals surface area contributed by atoms with Crippen molar-refractivity contribution >= 4 is 11.9 Å². The first-order valence-corrected chi connectivity index (χ1v) is 6.99. The summed E-state index contributed by atoms with van der Waals surface area (Å²) in [6, 6.07) is 3.21. The third-order valence-corrected chi connectivity index (χ3v) is 3.61. The van der Waals surface area contributed by atoms with Crippen LogP contribution in [0.2, 0.25) is 0 Å². The molecule has 0 aromatic carbocycles. The molecule has 1 aromatic heterocycles. The highest BCUT2D eigenvalue weighted by Crippen LogP contribution is 2.25. The quantitative estimate of drug-likeness (QED) is 0.917. The maximum atomic E-state index is 12.5. The van der Waals surface area contributed by atoms with Gasteiger partial charge in [0, 0.05) is 24.3 Å². The van der Waals surface area contributed by atoms with E-state index in [1.54, 1.807) is 6.07 Å². The lowest BCUT2D eigenvalue weighted by atomic mass is 10.0. The largest absolute Gasteiger partial charge is 0.477 e. The Balaban J connectivity index is 2.18. The van der Waals surface area contributed by atoms with Crippen molar-refractivity contribution in [3.8, 4) is 0 Å². The highest BCUT2D eigenvalue weighted by atomic mass is 16.4. The molecule has 1 aromatic rings. The summed E-state index contributed by atoms with van der Waals surface area (Å²) in [4.78, 5) is 29.1. The number of carbonyl (C=O) groups excluding carboxylic acids is 1. The molecule has 5 nitrogen and oxygen atoms in total. The van der Waals surface area contributed by atoms with Crippen molar-refractivity contribution in [2.24, 2.45) is 5.92 Å². The van der Waals surface area contributed by atoms with Crippen LogP contribution in [-0.4, -0.2) is 39.5 Å². The molecule has 1 atom stereocenters. The fourth-order valence-corrected chi connectivity index (χ4v) is 2.74. The molecular weight excluding hydrogens is 256 g/mol. The van der Waals surface area contributed by atoms with E-state index in [2.05, 4.69) is 18.8 Å². The molecule has 20 heavy (non-hydrogen) atoms. The monoisotopic (exact) mass is 276 g/mol. The van der Waals surface area contributed by atoms with Gasteiger partial charge in [-0.25, -0.2) is 9.78 Å². The van der Waals surface area contributed by atoms with E-state index in [0.29, 0.717) is 11.5 Å². The zero-order chi connectivity index (χ0) is 14.7. The van der Waals surface area contributed by atoms with E-state index >= 15 is 0 Å². The molecule has 1 unspecified atom stereocenters. The number of carbonyl (C=O) groups is 2. The van der Waals surface area contributed by atoms with Gasteiger partial charge in [0.15, 0.2) is 0 Å². The lowest BCUT2D eigenvalue weighted by Crippen LogP contribution is -2.36. The number of pyridine rings is 1. The minimum absolute atomic E-state index is 0.0851. The molecule has 0 spiro atoms. The molecule has 1 aliphatic rings. The van der Waals surface area contributed by atoms with Gasteiger partial charge in [0.1, 0.15) is 5.69 Å². The predicted octanol–water partition coefficient (Wildman–Crippen LogP) is 2.43. The van der Waals surface area contributed by atoms with Gasteiger partial charge >= 0.3 is 5.97 Å². The smallest absolute Gasteiger partial charge is 0.354 e. The van der Waals surface area contributed by atoms with Crippen LogP contribution in [0.1, 0.15) is 54.0 Å². The van der Waals surface area contributed by atoms with Crippen LogP contribution >= 0.6 is 0 Å². The molecule has 0 aliphatic carbocycles. The second-order valence-corrected chi connectivity index (χ2v) is 5.66. The third kappa shape index (κ3) is 3.15. The molecule has 1 fully saturated rings. The molecule has 1 amide bonds. The van der Waals surface area contributed by atoms with Crippen LogP contribution < -0.4 is 0 Å². The van der Waals surface area contributed by atoms with Gasteiger partial charge in [0.2, 0.25) is 0 Å². The number of aromatic carboxylic acids is 1. The van der Waals surface area contributed by atoms with E-state index in [0.717, 1.165) is 25.8 Å². The average Bonchev–Trinajstić information content (AvgIpc) is 2.85. The van der Waals surface area contributed by atoms with Gasteiger partial charge in [-0.2, -0.15) is 0 Å². The molecule has 5 heteroatoms. The van der Waals surface area contributed by atoms with Crippen molar-refractivity contribution in [1.29, 1.82) is 0 Å². The Morgan fingerprint density at radius 3 is 2.90 bits per heavy atom. The lowest BCUT2D eigenvalue weighted by molar-refractivity contribution is 0.0690. The molecule has 0 radical (unpaired) electrons. The normalized spacial score (nSPS) is 18.6. The molecule has 0 bridgehead atoms. The third-order valence-electron chi connectivity index (χ3n) is 3.61. The van der Waals surface area contributed by atoms with E-state index in [-0.39, 0.29) is 17.6 Å². The predicted molar refractivity (Wildman–Crippen MR) is 74.7 cm³/mol. The standard InChI is InChI=1S/C15H20N2O3/c1-10(2)8-12-4-3-7-17(12)14(18)11-5-6-16-13(9-11)15(19)20/h5-6,9-10,12H,3-4,7-8H2,1-2H3,(H,19,20). The summed E-state index contributed by atoms with van der Waals surface area (Å²) in [6.45, 7) is 5.05. The van der Waals surface area contributed by atoms with Crippen molar-refractivity contribution in [2.75, 3.05) is 6.54 Å². The maximum Gasteiger partial charge on any atom is 0.354 e. The van der Waals surface area contributed by atoms with Gasteiger partial charge in [-0.1, -0.05) is 13.8 Å². The van der Waals surface area contributed by atoms with Gasteiger partial charge in [0.05, 0.1) is 0 Å². The number of hydrogen-bond donors (Lipinski definition) is 1. The first-order chi connectivity index (χ1) is 9.49. The minimum atomic E-state index is -1.11. The first kappa shape index (κ1) is 14.5. The Kier molecular flexibility index (Phi) is 4.37. The molecule has 1 N–H and O–H groups in total. The van der Waals surface area contributed by atoms with Crippen molar-refractivity contribution in [3.63, 3.8) is 0 Å². The van der Waals surface area contributed by atoms with Crippen LogP contribution in [0.5, 0.6) is 0 Å². The number of likely N-dealkylation sites (tertiary alicyclic amines) is 1. The minimum Gasteiger partial charge on any atom is -0.477 e. The second kappa shape index (κ2) is 6.03. The van der Waals surface area contributed by atoms with E-state index < -0.39 is 5.97 Å². The van der Waals surface area contributed by atoms with Crippen LogP contribution in [0.3, 0.4) is 0 Å². The Morgan fingerprint density at radius 2 is 2.25 bits per heavy atom. The Morgan fingerprint density at radius 1 is 1.50 bits per heavy atom. The summed E-state index contributed by atoms with van der Waals surface area (Å²) >= 11 is 0. The zero-order valence-corrected chi connectivity index (χ0v) is 11.9. The van der Waals surface area contributed by atoms with Gasteiger partial charge < -0.3 is 10.0 Å². The summed E-state index contributed by atoms with van der Waals surface area (Å²) in [5, 5.41) is 8.94. The lowest BCUT2D eigenvalue weighted by Gasteiger charge is -2.26. The van der Waals surface area contributed by atoms with Crippen molar-refractivity contribution in [2.45, 2.75) is 39.2 Å². The molecule has 1 saturated heterocycles. The number of hydrogen-bond acceptors (Lipinski definition) is 3. The van der Waals surface area contributed by atoms with Crippen LogP contribution in [0, 0.1) is 5.92 Å². The van der Waals surface area contributed by atoms with Crippen LogP contribution in [-0.2, 0) is 0 Å². The Labute approximate surface area is 118 Å².